The highest BCUT2D eigenvalue weighted by atomic mass is 32.2. The number of sulfonamides is 1. The molecule has 1 aromatic rings. The van der Waals surface area contributed by atoms with Gasteiger partial charge in [0.15, 0.2) is 0 Å². The van der Waals surface area contributed by atoms with Crippen LogP contribution >= 0.6 is 0 Å². The number of hydrogen-bond acceptors (Lipinski definition) is 5. The van der Waals surface area contributed by atoms with Gasteiger partial charge in [0.2, 0.25) is 10.0 Å². The van der Waals surface area contributed by atoms with Crippen LogP contribution in [0.2, 0.25) is 0 Å². The fourth-order valence-corrected chi connectivity index (χ4v) is 3.34. The maximum atomic E-state index is 12.4. The Morgan fingerprint density at radius 2 is 2.16 bits per heavy atom. The summed E-state index contributed by atoms with van der Waals surface area (Å²) in [6, 6.07) is 0. The van der Waals surface area contributed by atoms with Gasteiger partial charge >= 0.3 is 0 Å². The average Bonchev–Trinajstić information content (AvgIpc) is 2.68. The first-order valence-electron chi connectivity index (χ1n) is 5.67. The molecule has 0 fully saturated rings. The number of aryl methyl sites for hydroxylation is 2. The summed E-state index contributed by atoms with van der Waals surface area (Å²) in [7, 11) is -2.20. The second-order valence-corrected chi connectivity index (χ2v) is 6.46. The summed E-state index contributed by atoms with van der Waals surface area (Å²) >= 11 is 0. The number of nitrogens with two attached hydrogens (primary N) is 1. The second kappa shape index (κ2) is 5.57. The van der Waals surface area contributed by atoms with Gasteiger partial charge in [0.25, 0.3) is 0 Å². The molecule has 0 aliphatic carbocycles. The highest BCUT2D eigenvalue weighted by Crippen LogP contribution is 2.21. The molecule has 0 spiro atoms. The predicted octanol–water partition coefficient (Wildman–Crippen LogP) is 0.0295. The number of H-pyrrole nitrogens is 1. The van der Waals surface area contributed by atoms with Crippen LogP contribution in [0.25, 0.3) is 0 Å². The molecule has 0 aliphatic rings. The summed E-state index contributed by atoms with van der Waals surface area (Å²) in [5.74, 6) is -0.403. The van der Waals surface area contributed by atoms with E-state index in [-0.39, 0.29) is 17.3 Å². The molecule has 1 heterocycles. The molecule has 0 aromatic carbocycles. The van der Waals surface area contributed by atoms with E-state index in [1.807, 2.05) is 0 Å². The Bertz CT molecular complexity index is 558. The molecular formula is C10H19N5O3S. The van der Waals surface area contributed by atoms with Gasteiger partial charge in [-0.1, -0.05) is 12.1 Å². The Hall–Kier alpha value is -1.61. The SMILES string of the molecule is Cc1n[nH]c(C)c1S(=O)(=O)N(C)CC(C)C(N)=NO. The highest BCUT2D eigenvalue weighted by Gasteiger charge is 2.28. The smallest absolute Gasteiger partial charge is 0.246 e. The van der Waals surface area contributed by atoms with Crippen LogP contribution < -0.4 is 5.73 Å². The van der Waals surface area contributed by atoms with Crippen molar-refractivity contribution < 1.29 is 13.6 Å². The molecule has 0 amide bonds. The summed E-state index contributed by atoms with van der Waals surface area (Å²) in [6.45, 7) is 5.06. The van der Waals surface area contributed by atoms with E-state index in [2.05, 4.69) is 15.4 Å². The molecule has 0 aliphatic heterocycles. The first-order chi connectivity index (χ1) is 8.71. The van der Waals surface area contributed by atoms with E-state index < -0.39 is 15.9 Å². The number of amidine groups is 1. The molecule has 0 saturated carbocycles. The Morgan fingerprint density at radius 3 is 2.58 bits per heavy atom. The molecule has 108 valence electrons. The topological polar surface area (TPSA) is 125 Å². The Morgan fingerprint density at radius 1 is 1.58 bits per heavy atom. The lowest BCUT2D eigenvalue weighted by atomic mass is 10.2. The average molecular weight is 289 g/mol. The van der Waals surface area contributed by atoms with E-state index in [1.165, 1.54) is 11.4 Å². The molecule has 1 rings (SSSR count). The van der Waals surface area contributed by atoms with E-state index in [1.54, 1.807) is 20.8 Å². The third-order valence-electron chi connectivity index (χ3n) is 2.88. The third kappa shape index (κ3) is 3.04. The number of aromatic amines is 1. The van der Waals surface area contributed by atoms with Crippen LogP contribution in [-0.4, -0.2) is 47.6 Å². The number of oxime groups is 1. The first-order valence-corrected chi connectivity index (χ1v) is 7.11. The van der Waals surface area contributed by atoms with Crippen molar-refractivity contribution in [2.24, 2.45) is 16.8 Å². The van der Waals surface area contributed by atoms with Gasteiger partial charge in [-0.25, -0.2) is 12.7 Å². The second-order valence-electron chi connectivity index (χ2n) is 4.47. The molecule has 9 heteroatoms. The fourth-order valence-electron chi connectivity index (χ4n) is 1.75. The number of nitrogens with zero attached hydrogens (tertiary/aromatic N) is 3. The molecule has 4 N–H and O–H groups in total. The van der Waals surface area contributed by atoms with Crippen molar-refractivity contribution >= 4 is 15.9 Å². The Labute approximate surface area is 112 Å². The predicted molar refractivity (Wildman–Crippen MR) is 70.5 cm³/mol. The van der Waals surface area contributed by atoms with Gasteiger partial charge in [-0.2, -0.15) is 5.10 Å². The van der Waals surface area contributed by atoms with Crippen molar-refractivity contribution in [3.63, 3.8) is 0 Å². The van der Waals surface area contributed by atoms with E-state index >= 15 is 0 Å². The molecule has 1 aromatic heterocycles. The number of aromatic nitrogens is 2. The summed E-state index contributed by atoms with van der Waals surface area (Å²) < 4.78 is 26.0. The number of hydrogen-bond donors (Lipinski definition) is 3. The van der Waals surface area contributed by atoms with Crippen LogP contribution in [0.3, 0.4) is 0 Å². The van der Waals surface area contributed by atoms with E-state index in [4.69, 9.17) is 10.9 Å². The Kier molecular flexibility index (Phi) is 4.53. The zero-order valence-corrected chi connectivity index (χ0v) is 12.2. The van der Waals surface area contributed by atoms with E-state index in [0.717, 1.165) is 0 Å². The van der Waals surface area contributed by atoms with Crippen molar-refractivity contribution in [3.8, 4) is 0 Å². The molecule has 8 nitrogen and oxygen atoms in total. The van der Waals surface area contributed by atoms with Crippen LogP contribution in [0.5, 0.6) is 0 Å². The minimum absolute atomic E-state index is 0.0114. The van der Waals surface area contributed by atoms with Crippen molar-refractivity contribution in [1.82, 2.24) is 14.5 Å². The van der Waals surface area contributed by atoms with Gasteiger partial charge in [0, 0.05) is 19.5 Å². The number of nitrogens with one attached hydrogen (secondary N) is 1. The van der Waals surface area contributed by atoms with Gasteiger partial charge < -0.3 is 10.9 Å². The van der Waals surface area contributed by atoms with Crippen molar-refractivity contribution in [1.29, 1.82) is 0 Å². The largest absolute Gasteiger partial charge is 0.409 e. The maximum absolute atomic E-state index is 12.4. The van der Waals surface area contributed by atoms with Crippen molar-refractivity contribution in [2.75, 3.05) is 13.6 Å². The molecular weight excluding hydrogens is 270 g/mol. The minimum atomic E-state index is -3.65. The Balaban J connectivity index is 3.02. The summed E-state index contributed by atoms with van der Waals surface area (Å²) in [6.07, 6.45) is 0. The highest BCUT2D eigenvalue weighted by molar-refractivity contribution is 7.89. The summed E-state index contributed by atoms with van der Waals surface area (Å²) in [5.41, 5.74) is 6.35. The minimum Gasteiger partial charge on any atom is -0.409 e. The standard InChI is InChI=1S/C10H19N5O3S/c1-6(10(11)14-16)5-15(4)19(17,18)9-7(2)12-13-8(9)3/h6,16H,5H2,1-4H3,(H2,11,14)(H,12,13). The van der Waals surface area contributed by atoms with Gasteiger partial charge in [0.05, 0.1) is 11.4 Å². The molecule has 0 radical (unpaired) electrons. The third-order valence-corrected chi connectivity index (χ3v) is 4.97. The van der Waals surface area contributed by atoms with Gasteiger partial charge in [-0.15, -0.1) is 0 Å². The van der Waals surface area contributed by atoms with Crippen LogP contribution in [0.1, 0.15) is 18.3 Å². The lowest BCUT2D eigenvalue weighted by molar-refractivity contribution is 0.312. The molecule has 19 heavy (non-hydrogen) atoms. The van der Waals surface area contributed by atoms with Gasteiger partial charge in [-0.05, 0) is 13.8 Å². The van der Waals surface area contributed by atoms with Crippen molar-refractivity contribution in [2.45, 2.75) is 25.7 Å². The van der Waals surface area contributed by atoms with Gasteiger partial charge in [-0.3, -0.25) is 5.10 Å². The lowest BCUT2D eigenvalue weighted by Crippen LogP contribution is -2.36. The number of rotatable bonds is 5. The van der Waals surface area contributed by atoms with E-state index in [0.29, 0.717) is 11.4 Å². The lowest BCUT2D eigenvalue weighted by Gasteiger charge is -2.20. The summed E-state index contributed by atoms with van der Waals surface area (Å²) in [5, 5.41) is 18.0. The van der Waals surface area contributed by atoms with Crippen LogP contribution in [0, 0.1) is 19.8 Å². The zero-order valence-electron chi connectivity index (χ0n) is 11.4. The maximum Gasteiger partial charge on any atom is 0.246 e. The van der Waals surface area contributed by atoms with Crippen molar-refractivity contribution in [3.05, 3.63) is 11.4 Å². The fraction of sp³-hybridized carbons (Fsp3) is 0.600. The van der Waals surface area contributed by atoms with Crippen LogP contribution in [0.15, 0.2) is 10.1 Å². The van der Waals surface area contributed by atoms with Gasteiger partial charge in [0.1, 0.15) is 10.7 Å². The molecule has 0 bridgehead atoms. The normalized spacial score (nSPS) is 14.9. The quantitative estimate of drug-likeness (QED) is 0.305. The first kappa shape index (κ1) is 15.4. The summed E-state index contributed by atoms with van der Waals surface area (Å²) in [4.78, 5) is 0.168. The van der Waals surface area contributed by atoms with Crippen LogP contribution in [-0.2, 0) is 10.0 Å². The van der Waals surface area contributed by atoms with E-state index in [9.17, 15) is 8.42 Å². The molecule has 0 saturated heterocycles. The molecule has 1 unspecified atom stereocenters. The monoisotopic (exact) mass is 289 g/mol. The van der Waals surface area contributed by atoms with Crippen LogP contribution in [0.4, 0.5) is 0 Å². The molecule has 1 atom stereocenters. The zero-order chi connectivity index (χ0) is 14.8.